The van der Waals surface area contributed by atoms with E-state index in [0.717, 1.165) is 20.5 Å². The molecule has 2 aromatic rings. The summed E-state index contributed by atoms with van der Waals surface area (Å²) in [5.41, 5.74) is 2.18. The van der Waals surface area contributed by atoms with Crippen LogP contribution in [0, 0.1) is 24.5 Å². The van der Waals surface area contributed by atoms with Crippen LogP contribution in [-0.4, -0.2) is 31.9 Å². The quantitative estimate of drug-likeness (QED) is 0.484. The number of hydrogen-bond donors (Lipinski definition) is 0. The van der Waals surface area contributed by atoms with Crippen molar-refractivity contribution in [2.45, 2.75) is 46.2 Å². The maximum absolute atomic E-state index is 11.8. The second-order valence-corrected chi connectivity index (χ2v) is 6.15. The van der Waals surface area contributed by atoms with Gasteiger partial charge in [-0.25, -0.2) is 0 Å². The van der Waals surface area contributed by atoms with Crippen molar-refractivity contribution in [3.05, 3.63) is 32.9 Å². The van der Waals surface area contributed by atoms with Crippen molar-refractivity contribution in [2.75, 3.05) is 0 Å². The molecule has 11 heteroatoms. The summed E-state index contributed by atoms with van der Waals surface area (Å²) < 4.78 is 73.3. The molecule has 2 rings (SSSR count). The van der Waals surface area contributed by atoms with Crippen LogP contribution in [-0.2, 0) is 13.1 Å². The van der Waals surface area contributed by atoms with Crippen LogP contribution < -0.4 is 0 Å². The lowest BCUT2D eigenvalue weighted by molar-refractivity contribution is -0.143. The Labute approximate surface area is 148 Å². The average Bonchev–Trinajstić information content (AvgIpc) is 2.79. The highest BCUT2D eigenvalue weighted by Crippen LogP contribution is 2.19. The zero-order chi connectivity index (χ0) is 18.7. The van der Waals surface area contributed by atoms with Crippen LogP contribution in [0.3, 0.4) is 0 Å². The Kier molecular flexibility index (Phi) is 6.70. The fourth-order valence-corrected chi connectivity index (χ4v) is 2.06. The predicted molar refractivity (Wildman–Crippen MR) is 83.5 cm³/mol. The van der Waals surface area contributed by atoms with E-state index in [1.807, 2.05) is 22.6 Å². The van der Waals surface area contributed by atoms with Crippen molar-refractivity contribution >= 4 is 22.6 Å². The number of hydrogen-bond acceptors (Lipinski definition) is 2. The van der Waals surface area contributed by atoms with Gasteiger partial charge in [0.05, 0.1) is 5.69 Å². The van der Waals surface area contributed by atoms with Gasteiger partial charge in [0.15, 0.2) is 0 Å². The molecular formula is C13H15F6IN4. The first-order chi connectivity index (χ1) is 10.8. The Morgan fingerprint density at radius 2 is 1.25 bits per heavy atom. The van der Waals surface area contributed by atoms with Crippen molar-refractivity contribution < 1.29 is 26.3 Å². The highest BCUT2D eigenvalue weighted by molar-refractivity contribution is 14.1. The van der Waals surface area contributed by atoms with E-state index in [2.05, 4.69) is 10.2 Å². The predicted octanol–water partition coefficient (Wildman–Crippen LogP) is 4.42. The summed E-state index contributed by atoms with van der Waals surface area (Å²) in [7, 11) is 0. The smallest absolute Gasteiger partial charge is 0.263 e. The van der Waals surface area contributed by atoms with Gasteiger partial charge < -0.3 is 0 Å². The van der Waals surface area contributed by atoms with Gasteiger partial charge in [-0.15, -0.1) is 0 Å². The first kappa shape index (κ1) is 20.8. The molecule has 0 aromatic carbocycles. The summed E-state index contributed by atoms with van der Waals surface area (Å²) in [6.45, 7) is 3.11. The SMILES string of the molecule is Cc1cn(CC(F)(F)F)nc1C.Cc1cn(CC(F)(F)F)nc1I. The van der Waals surface area contributed by atoms with E-state index < -0.39 is 25.4 Å². The minimum absolute atomic E-state index is 0.608. The Morgan fingerprint density at radius 1 is 0.833 bits per heavy atom. The highest BCUT2D eigenvalue weighted by atomic mass is 127. The molecule has 0 amide bonds. The monoisotopic (exact) mass is 468 g/mol. The molecule has 0 unspecified atom stereocenters. The number of nitrogens with zero attached hydrogens (tertiary/aromatic N) is 4. The van der Waals surface area contributed by atoms with Crippen LogP contribution in [0.4, 0.5) is 26.3 Å². The van der Waals surface area contributed by atoms with Gasteiger partial charge in [-0.1, -0.05) is 0 Å². The van der Waals surface area contributed by atoms with Crippen LogP contribution in [0.15, 0.2) is 12.4 Å². The highest BCUT2D eigenvalue weighted by Gasteiger charge is 2.29. The van der Waals surface area contributed by atoms with E-state index in [1.54, 1.807) is 20.8 Å². The Bertz CT molecular complexity index is 574. The van der Waals surface area contributed by atoms with Gasteiger partial charge in [-0.3, -0.25) is 9.36 Å². The zero-order valence-electron chi connectivity index (χ0n) is 13.0. The van der Waals surface area contributed by atoms with Crippen molar-refractivity contribution in [3.8, 4) is 0 Å². The minimum Gasteiger partial charge on any atom is -0.263 e. The van der Waals surface area contributed by atoms with E-state index in [9.17, 15) is 26.3 Å². The maximum Gasteiger partial charge on any atom is 0.408 e. The molecule has 0 spiro atoms. The first-order valence-electron chi connectivity index (χ1n) is 6.60. The fraction of sp³-hybridized carbons (Fsp3) is 0.538. The summed E-state index contributed by atoms with van der Waals surface area (Å²) in [6.07, 6.45) is -5.61. The normalized spacial score (nSPS) is 12.1. The van der Waals surface area contributed by atoms with Gasteiger partial charge >= 0.3 is 12.4 Å². The van der Waals surface area contributed by atoms with Crippen LogP contribution >= 0.6 is 22.6 Å². The third-order valence-corrected chi connectivity index (χ3v) is 3.83. The molecule has 2 aromatic heterocycles. The minimum atomic E-state index is -4.19. The fourth-order valence-electron chi connectivity index (χ4n) is 1.64. The molecule has 0 atom stereocenters. The lowest BCUT2D eigenvalue weighted by Gasteiger charge is -2.04. The van der Waals surface area contributed by atoms with Gasteiger partial charge in [0, 0.05) is 18.0 Å². The second-order valence-electron chi connectivity index (χ2n) is 5.13. The Balaban J connectivity index is 0.000000240. The molecule has 0 saturated heterocycles. The molecule has 0 bridgehead atoms. The van der Waals surface area contributed by atoms with Crippen molar-refractivity contribution in [1.82, 2.24) is 19.6 Å². The van der Waals surface area contributed by atoms with E-state index in [1.165, 1.54) is 12.4 Å². The number of aryl methyl sites for hydroxylation is 3. The number of aromatic nitrogens is 4. The Hall–Kier alpha value is -1.27. The molecule has 0 saturated carbocycles. The van der Waals surface area contributed by atoms with Gasteiger partial charge in [-0.2, -0.15) is 36.5 Å². The molecule has 0 N–H and O–H groups in total. The van der Waals surface area contributed by atoms with E-state index in [-0.39, 0.29) is 0 Å². The summed E-state index contributed by atoms with van der Waals surface area (Å²) >= 11 is 1.90. The first-order valence-corrected chi connectivity index (χ1v) is 7.68. The zero-order valence-corrected chi connectivity index (χ0v) is 15.2. The van der Waals surface area contributed by atoms with Crippen LogP contribution in [0.5, 0.6) is 0 Å². The van der Waals surface area contributed by atoms with Gasteiger partial charge in [0.2, 0.25) is 0 Å². The van der Waals surface area contributed by atoms with E-state index >= 15 is 0 Å². The van der Waals surface area contributed by atoms with Crippen LogP contribution in [0.2, 0.25) is 0 Å². The number of rotatable bonds is 2. The summed E-state index contributed by atoms with van der Waals surface area (Å²) in [5, 5.41) is 7.37. The van der Waals surface area contributed by atoms with E-state index in [0.29, 0.717) is 9.39 Å². The largest absolute Gasteiger partial charge is 0.408 e. The molecule has 136 valence electrons. The number of alkyl halides is 6. The van der Waals surface area contributed by atoms with E-state index in [4.69, 9.17) is 0 Å². The lowest BCUT2D eigenvalue weighted by atomic mass is 10.3. The lowest BCUT2D eigenvalue weighted by Crippen LogP contribution is -2.17. The molecular weight excluding hydrogens is 453 g/mol. The standard InChI is InChI=1S/C7H9F3N2.C6H6F3IN2/c1-5-3-12(11-6(5)2)4-7(8,9)10;1-4-2-12(11-5(4)10)3-6(7,8)9/h3H,4H2,1-2H3;2H,3H2,1H3. The molecule has 0 fully saturated rings. The average molecular weight is 468 g/mol. The van der Waals surface area contributed by atoms with Gasteiger partial charge in [-0.05, 0) is 48.9 Å². The molecule has 24 heavy (non-hydrogen) atoms. The van der Waals surface area contributed by atoms with Gasteiger partial charge in [0.25, 0.3) is 0 Å². The molecule has 0 radical (unpaired) electrons. The molecule has 4 nitrogen and oxygen atoms in total. The number of halogens is 7. The molecule has 0 aliphatic rings. The third kappa shape index (κ3) is 7.53. The molecule has 0 aliphatic heterocycles. The summed E-state index contributed by atoms with van der Waals surface area (Å²) in [4.78, 5) is 0. The third-order valence-electron chi connectivity index (χ3n) is 2.76. The maximum atomic E-state index is 11.8. The van der Waals surface area contributed by atoms with Gasteiger partial charge in [0.1, 0.15) is 16.8 Å². The second kappa shape index (κ2) is 7.74. The van der Waals surface area contributed by atoms with Crippen molar-refractivity contribution in [3.63, 3.8) is 0 Å². The topological polar surface area (TPSA) is 35.6 Å². The van der Waals surface area contributed by atoms with Crippen LogP contribution in [0.25, 0.3) is 0 Å². The van der Waals surface area contributed by atoms with Crippen molar-refractivity contribution in [1.29, 1.82) is 0 Å². The van der Waals surface area contributed by atoms with Crippen LogP contribution in [0.1, 0.15) is 16.8 Å². The Morgan fingerprint density at radius 3 is 1.54 bits per heavy atom. The summed E-state index contributed by atoms with van der Waals surface area (Å²) in [6, 6.07) is 0. The molecule has 2 heterocycles. The molecule has 0 aliphatic carbocycles. The van der Waals surface area contributed by atoms with Crippen molar-refractivity contribution in [2.24, 2.45) is 0 Å². The summed E-state index contributed by atoms with van der Waals surface area (Å²) in [5.74, 6) is 0.